The van der Waals surface area contributed by atoms with Crippen LogP contribution in [0.4, 0.5) is 5.69 Å². The van der Waals surface area contributed by atoms with Crippen molar-refractivity contribution in [3.63, 3.8) is 0 Å². The van der Waals surface area contributed by atoms with Crippen LogP contribution in [0.1, 0.15) is 63.5 Å². The summed E-state index contributed by atoms with van der Waals surface area (Å²) in [7, 11) is 0.469. The first-order chi connectivity index (χ1) is 12.5. The number of ether oxygens (including phenoxy) is 1. The van der Waals surface area contributed by atoms with Crippen molar-refractivity contribution in [3.8, 4) is 5.75 Å². The predicted molar refractivity (Wildman–Crippen MR) is 115 cm³/mol. The fourth-order valence-corrected chi connectivity index (χ4v) is 9.53. The molecule has 146 valence electrons. The molecule has 1 saturated heterocycles. The zero-order valence-electron chi connectivity index (χ0n) is 17.4. The zero-order chi connectivity index (χ0) is 19.2. The maximum atomic E-state index is 13.4. The van der Waals surface area contributed by atoms with Crippen LogP contribution >= 0.6 is 7.26 Å². The minimum Gasteiger partial charge on any atom is -0.497 e. The minimum atomic E-state index is -1.22. The number of aryl methyl sites for hydroxylation is 2. The van der Waals surface area contributed by atoms with Gasteiger partial charge >= 0.3 is 0 Å². The average Bonchev–Trinajstić information content (AvgIpc) is 2.88. The van der Waals surface area contributed by atoms with Crippen molar-refractivity contribution < 1.29 is 9.53 Å². The van der Waals surface area contributed by atoms with Gasteiger partial charge in [0.2, 0.25) is 0 Å². The van der Waals surface area contributed by atoms with Crippen LogP contribution in [0.2, 0.25) is 0 Å². The van der Waals surface area contributed by atoms with Gasteiger partial charge in [0.25, 0.3) is 5.91 Å². The third-order valence-electron chi connectivity index (χ3n) is 6.10. The quantitative estimate of drug-likeness (QED) is 0.588. The molecule has 1 aromatic carbocycles. The Kier molecular flexibility index (Phi) is 7.95. The van der Waals surface area contributed by atoms with E-state index in [1.165, 1.54) is 44.2 Å². The maximum Gasteiger partial charge on any atom is 0.265 e. The molecular weight excluding hydrogens is 341 g/mol. The molecule has 0 bridgehead atoms. The van der Waals surface area contributed by atoms with Gasteiger partial charge in [-0.2, -0.15) is 0 Å². The number of benzene rings is 1. The number of anilines is 1. The van der Waals surface area contributed by atoms with Gasteiger partial charge in [-0.3, -0.25) is 4.79 Å². The van der Waals surface area contributed by atoms with E-state index in [-0.39, 0.29) is 11.6 Å². The van der Waals surface area contributed by atoms with E-state index < -0.39 is 7.26 Å². The van der Waals surface area contributed by atoms with Gasteiger partial charge in [0.05, 0.1) is 25.6 Å². The van der Waals surface area contributed by atoms with Crippen molar-refractivity contribution in [3.05, 3.63) is 23.3 Å². The number of nitrogens with one attached hydrogen (secondary N) is 1. The number of rotatable bonds is 7. The van der Waals surface area contributed by atoms with E-state index in [0.717, 1.165) is 35.4 Å². The van der Waals surface area contributed by atoms with Crippen molar-refractivity contribution in [2.24, 2.45) is 0 Å². The minimum absolute atomic E-state index is 0.219. The summed E-state index contributed by atoms with van der Waals surface area (Å²) in [5.41, 5.74) is 3.35. The van der Waals surface area contributed by atoms with Crippen molar-refractivity contribution in [1.29, 1.82) is 0 Å². The smallest absolute Gasteiger partial charge is 0.265 e. The van der Waals surface area contributed by atoms with Gasteiger partial charge in [-0.1, -0.05) is 13.3 Å². The Labute approximate surface area is 160 Å². The molecule has 4 heteroatoms. The molecule has 1 heterocycles. The molecule has 1 aliphatic rings. The van der Waals surface area contributed by atoms with E-state index >= 15 is 0 Å². The first-order valence-electron chi connectivity index (χ1n) is 10.3. The summed E-state index contributed by atoms with van der Waals surface area (Å²) >= 11 is 0. The molecule has 0 aromatic heterocycles. The van der Waals surface area contributed by atoms with Crippen molar-refractivity contribution in [1.82, 2.24) is 0 Å². The van der Waals surface area contributed by atoms with Crippen LogP contribution in [0.25, 0.3) is 0 Å². The van der Waals surface area contributed by atoms with Crippen LogP contribution in [-0.2, 0) is 4.79 Å². The van der Waals surface area contributed by atoms with Gasteiger partial charge < -0.3 is 10.1 Å². The topological polar surface area (TPSA) is 38.3 Å². The lowest BCUT2D eigenvalue weighted by atomic mass is 10.1. The average molecular weight is 379 g/mol. The molecule has 1 aromatic rings. The highest BCUT2D eigenvalue weighted by Crippen LogP contribution is 2.66. The Morgan fingerprint density at radius 1 is 1.12 bits per heavy atom. The molecule has 1 fully saturated rings. The van der Waals surface area contributed by atoms with Crippen molar-refractivity contribution >= 4 is 18.9 Å². The van der Waals surface area contributed by atoms with E-state index in [1.54, 1.807) is 7.11 Å². The lowest BCUT2D eigenvalue weighted by Gasteiger charge is -2.33. The third-order valence-corrected chi connectivity index (χ3v) is 11.6. The summed E-state index contributed by atoms with van der Waals surface area (Å²) < 4.78 is 5.36. The van der Waals surface area contributed by atoms with Crippen LogP contribution in [-0.4, -0.2) is 37.2 Å². The van der Waals surface area contributed by atoms with E-state index in [1.807, 2.05) is 12.1 Å². The van der Waals surface area contributed by atoms with Crippen molar-refractivity contribution in [2.45, 2.75) is 71.9 Å². The van der Waals surface area contributed by atoms with E-state index in [0.29, 0.717) is 0 Å². The lowest BCUT2D eigenvalue weighted by molar-refractivity contribution is -0.116. The fraction of sp³-hybridized carbons (Fsp3) is 0.682. The normalized spacial score (nSPS) is 18.0. The standard InChI is InChI=1S/C22H36NO2P/c1-6-12-20(26(7-2)13-10-8-9-11-14-26)22(24)23-21-17(3)15-19(25-5)16-18(21)4/h15-16,20H,6-14H2,1-5H3/p+1. The van der Waals surface area contributed by atoms with Crippen LogP contribution in [0.15, 0.2) is 12.1 Å². The predicted octanol–water partition coefficient (Wildman–Crippen LogP) is 6.03. The first kappa shape index (κ1) is 21.2. The second kappa shape index (κ2) is 9.74. The molecule has 1 aliphatic heterocycles. The zero-order valence-corrected chi connectivity index (χ0v) is 18.3. The lowest BCUT2D eigenvalue weighted by Crippen LogP contribution is -2.34. The molecule has 3 nitrogen and oxygen atoms in total. The second-order valence-corrected chi connectivity index (χ2v) is 12.4. The number of hydrogen-bond acceptors (Lipinski definition) is 2. The molecule has 1 amide bonds. The third kappa shape index (κ3) is 4.80. The second-order valence-electron chi connectivity index (χ2n) is 7.83. The van der Waals surface area contributed by atoms with Gasteiger partial charge in [-0.15, -0.1) is 0 Å². The molecule has 0 saturated carbocycles. The summed E-state index contributed by atoms with van der Waals surface area (Å²) in [6.45, 7) is 8.65. The molecule has 0 radical (unpaired) electrons. The Hall–Kier alpha value is -1.08. The Morgan fingerprint density at radius 3 is 2.15 bits per heavy atom. The highest BCUT2D eigenvalue weighted by atomic mass is 31.2. The number of amides is 1. The highest BCUT2D eigenvalue weighted by molar-refractivity contribution is 7.77. The van der Waals surface area contributed by atoms with Crippen molar-refractivity contribution in [2.75, 3.05) is 30.9 Å². The fourth-order valence-electron chi connectivity index (χ4n) is 4.54. The van der Waals surface area contributed by atoms with E-state index in [2.05, 4.69) is 33.0 Å². The Bertz CT molecular complexity index is 583. The van der Waals surface area contributed by atoms with Gasteiger partial charge in [0.1, 0.15) is 11.4 Å². The monoisotopic (exact) mass is 378 g/mol. The number of carbonyl (C=O) groups excluding carboxylic acids is 1. The Morgan fingerprint density at radius 2 is 1.69 bits per heavy atom. The van der Waals surface area contributed by atoms with Crippen LogP contribution in [0, 0.1) is 13.8 Å². The molecular formula is C22H37NO2P+. The Balaban J connectivity index is 2.28. The molecule has 1 atom stereocenters. The van der Waals surface area contributed by atoms with Crippen LogP contribution < -0.4 is 10.1 Å². The van der Waals surface area contributed by atoms with Gasteiger partial charge in [0.15, 0.2) is 0 Å². The summed E-state index contributed by atoms with van der Waals surface area (Å²) in [5.74, 6) is 1.12. The largest absolute Gasteiger partial charge is 0.497 e. The molecule has 26 heavy (non-hydrogen) atoms. The molecule has 1 N–H and O–H groups in total. The maximum absolute atomic E-state index is 13.4. The van der Waals surface area contributed by atoms with E-state index in [9.17, 15) is 4.79 Å². The highest BCUT2D eigenvalue weighted by Gasteiger charge is 2.47. The first-order valence-corrected chi connectivity index (χ1v) is 12.7. The van der Waals surface area contributed by atoms with Gasteiger partial charge in [0, 0.05) is 12.9 Å². The molecule has 0 spiro atoms. The summed E-state index contributed by atoms with van der Waals surface area (Å²) in [6.07, 6.45) is 11.3. The van der Waals surface area contributed by atoms with Gasteiger partial charge in [-0.25, -0.2) is 0 Å². The summed E-state index contributed by atoms with van der Waals surface area (Å²) in [4.78, 5) is 13.4. The molecule has 2 rings (SSSR count). The summed E-state index contributed by atoms with van der Waals surface area (Å²) in [6, 6.07) is 4.02. The molecule has 0 aliphatic carbocycles. The van der Waals surface area contributed by atoms with Crippen LogP contribution in [0.3, 0.4) is 0 Å². The number of carbonyl (C=O) groups is 1. The van der Waals surface area contributed by atoms with Crippen LogP contribution in [0.5, 0.6) is 5.75 Å². The number of methoxy groups -OCH3 is 1. The van der Waals surface area contributed by atoms with E-state index in [4.69, 9.17) is 4.74 Å². The SMILES string of the molecule is CCCC(C(=O)Nc1c(C)cc(OC)cc1C)[P+]1(CC)CCCCCC1. The van der Waals surface area contributed by atoms with Gasteiger partial charge in [-0.05, 0) is 76.1 Å². The number of hydrogen-bond donors (Lipinski definition) is 1. The summed E-state index contributed by atoms with van der Waals surface area (Å²) in [5, 5.41) is 3.32. The molecule has 1 unspecified atom stereocenters.